The fourth-order valence-electron chi connectivity index (χ4n) is 2.83. The second-order valence-electron chi connectivity index (χ2n) is 5.25. The van der Waals surface area contributed by atoms with Crippen LogP contribution in [0, 0.1) is 11.8 Å². The number of nitrogens with one attached hydrogen (secondary N) is 1. The Kier molecular flexibility index (Phi) is 5.93. The summed E-state index contributed by atoms with van der Waals surface area (Å²) >= 11 is 0. The molecule has 1 heterocycles. The van der Waals surface area contributed by atoms with E-state index in [1.54, 1.807) is 0 Å². The maximum Gasteiger partial charge on any atom is 0.150 e. The average Bonchev–Trinajstić information content (AvgIpc) is 2.65. The molecule has 1 rings (SSSR count). The zero-order chi connectivity index (χ0) is 12.9. The number of rotatable bonds is 7. The summed E-state index contributed by atoms with van der Waals surface area (Å²) in [4.78, 5) is 0. The summed E-state index contributed by atoms with van der Waals surface area (Å²) in [6.07, 6.45) is 4.36. The van der Waals surface area contributed by atoms with E-state index in [4.69, 9.17) is 0 Å². The van der Waals surface area contributed by atoms with Crippen molar-refractivity contribution < 1.29 is 8.42 Å². The first-order valence-electron chi connectivity index (χ1n) is 6.96. The van der Waals surface area contributed by atoms with Crippen LogP contribution in [0.1, 0.15) is 46.5 Å². The van der Waals surface area contributed by atoms with Crippen molar-refractivity contribution in [1.29, 1.82) is 0 Å². The molecule has 4 heteroatoms. The Bertz CT molecular complexity index is 309. The molecule has 3 nitrogen and oxygen atoms in total. The molecule has 102 valence electrons. The second-order valence-corrected chi connectivity index (χ2v) is 7.47. The van der Waals surface area contributed by atoms with E-state index in [-0.39, 0.29) is 0 Å². The molecule has 1 saturated heterocycles. The van der Waals surface area contributed by atoms with E-state index in [9.17, 15) is 8.42 Å². The molecule has 2 unspecified atom stereocenters. The standard InChI is InChI=1S/C13H27NO2S/c1-4-11(5-2)9-13(14-6-3)12-7-8-17(15,16)10-12/h11-14H,4-10H2,1-3H3. The predicted molar refractivity (Wildman–Crippen MR) is 72.9 cm³/mol. The van der Waals surface area contributed by atoms with Crippen LogP contribution in [0.4, 0.5) is 0 Å². The molecule has 0 aromatic heterocycles. The molecule has 0 aromatic carbocycles. The Labute approximate surface area is 106 Å². The molecule has 0 spiro atoms. The summed E-state index contributed by atoms with van der Waals surface area (Å²) < 4.78 is 23.1. The molecular formula is C13H27NO2S. The Balaban J connectivity index is 2.59. The van der Waals surface area contributed by atoms with Crippen molar-refractivity contribution in [2.75, 3.05) is 18.1 Å². The largest absolute Gasteiger partial charge is 0.314 e. The van der Waals surface area contributed by atoms with Crippen LogP contribution in [-0.4, -0.2) is 32.5 Å². The Morgan fingerprint density at radius 1 is 1.24 bits per heavy atom. The fraction of sp³-hybridized carbons (Fsp3) is 1.00. The lowest BCUT2D eigenvalue weighted by Crippen LogP contribution is -2.38. The highest BCUT2D eigenvalue weighted by molar-refractivity contribution is 7.91. The molecule has 0 radical (unpaired) electrons. The summed E-state index contributed by atoms with van der Waals surface area (Å²) in [7, 11) is -2.75. The van der Waals surface area contributed by atoms with Crippen LogP contribution in [0.2, 0.25) is 0 Å². The van der Waals surface area contributed by atoms with Gasteiger partial charge in [-0.2, -0.15) is 0 Å². The maximum atomic E-state index is 11.5. The molecular weight excluding hydrogens is 234 g/mol. The molecule has 1 aliphatic rings. The van der Waals surface area contributed by atoms with Crippen molar-refractivity contribution in [1.82, 2.24) is 5.32 Å². The van der Waals surface area contributed by atoms with Crippen LogP contribution in [-0.2, 0) is 9.84 Å². The smallest absolute Gasteiger partial charge is 0.150 e. The van der Waals surface area contributed by atoms with Gasteiger partial charge < -0.3 is 5.32 Å². The third-order valence-corrected chi connectivity index (χ3v) is 5.84. The van der Waals surface area contributed by atoms with Gasteiger partial charge in [0.05, 0.1) is 11.5 Å². The first-order chi connectivity index (χ1) is 8.02. The van der Waals surface area contributed by atoms with E-state index in [0.717, 1.165) is 25.3 Å². The minimum absolute atomic E-state index is 0.334. The number of sulfone groups is 1. The number of hydrogen-bond acceptors (Lipinski definition) is 3. The van der Waals surface area contributed by atoms with Gasteiger partial charge in [0.2, 0.25) is 0 Å². The van der Waals surface area contributed by atoms with E-state index in [0.29, 0.717) is 23.5 Å². The molecule has 17 heavy (non-hydrogen) atoms. The highest BCUT2D eigenvalue weighted by Gasteiger charge is 2.33. The molecule has 0 amide bonds. The van der Waals surface area contributed by atoms with Crippen LogP contribution < -0.4 is 5.32 Å². The molecule has 0 aliphatic carbocycles. The average molecular weight is 261 g/mol. The fourth-order valence-corrected chi connectivity index (χ4v) is 4.71. The normalized spacial score (nSPS) is 25.3. The van der Waals surface area contributed by atoms with E-state index in [2.05, 4.69) is 26.1 Å². The lowest BCUT2D eigenvalue weighted by molar-refractivity contribution is 0.302. The first kappa shape index (κ1) is 15.0. The van der Waals surface area contributed by atoms with Crippen LogP contribution in [0.5, 0.6) is 0 Å². The van der Waals surface area contributed by atoms with Gasteiger partial charge in [-0.25, -0.2) is 8.42 Å². The summed E-state index contributed by atoms with van der Waals surface area (Å²) in [5, 5.41) is 3.50. The third kappa shape index (κ3) is 4.59. The predicted octanol–water partition coefficient (Wildman–Crippen LogP) is 2.23. The van der Waals surface area contributed by atoms with Gasteiger partial charge in [0, 0.05) is 6.04 Å². The molecule has 0 saturated carbocycles. The van der Waals surface area contributed by atoms with Crippen LogP contribution in [0.3, 0.4) is 0 Å². The van der Waals surface area contributed by atoms with Gasteiger partial charge in [0.1, 0.15) is 0 Å². The van der Waals surface area contributed by atoms with Gasteiger partial charge in [-0.3, -0.25) is 0 Å². The van der Waals surface area contributed by atoms with Crippen molar-refractivity contribution in [3.63, 3.8) is 0 Å². The summed E-state index contributed by atoms with van der Waals surface area (Å²) in [5.41, 5.74) is 0. The topological polar surface area (TPSA) is 46.2 Å². The van der Waals surface area contributed by atoms with Crippen LogP contribution >= 0.6 is 0 Å². The van der Waals surface area contributed by atoms with Crippen molar-refractivity contribution in [3.05, 3.63) is 0 Å². The quantitative estimate of drug-likeness (QED) is 0.764. The van der Waals surface area contributed by atoms with Gasteiger partial charge >= 0.3 is 0 Å². The Morgan fingerprint density at radius 3 is 2.29 bits per heavy atom. The zero-order valence-corrected chi connectivity index (χ0v) is 12.2. The summed E-state index contributed by atoms with van der Waals surface area (Å²) in [6, 6.07) is 0.391. The van der Waals surface area contributed by atoms with Gasteiger partial charge in [-0.15, -0.1) is 0 Å². The lowest BCUT2D eigenvalue weighted by atomic mass is 9.87. The molecule has 1 fully saturated rings. The van der Waals surface area contributed by atoms with Crippen LogP contribution in [0.15, 0.2) is 0 Å². The highest BCUT2D eigenvalue weighted by Crippen LogP contribution is 2.27. The van der Waals surface area contributed by atoms with Crippen LogP contribution in [0.25, 0.3) is 0 Å². The third-order valence-electron chi connectivity index (χ3n) is 4.04. The number of hydrogen-bond donors (Lipinski definition) is 1. The Hall–Kier alpha value is -0.0900. The van der Waals surface area contributed by atoms with Gasteiger partial charge in [0.25, 0.3) is 0 Å². The van der Waals surface area contributed by atoms with E-state index in [1.165, 1.54) is 12.8 Å². The van der Waals surface area contributed by atoms with Gasteiger partial charge in [-0.05, 0) is 31.2 Å². The lowest BCUT2D eigenvalue weighted by Gasteiger charge is -2.27. The SMILES string of the molecule is CCNC(CC(CC)CC)C1CCS(=O)(=O)C1. The highest BCUT2D eigenvalue weighted by atomic mass is 32.2. The van der Waals surface area contributed by atoms with Crippen molar-refractivity contribution in [2.45, 2.75) is 52.5 Å². The first-order valence-corrected chi connectivity index (χ1v) is 8.78. The molecule has 0 aromatic rings. The van der Waals surface area contributed by atoms with Crippen molar-refractivity contribution in [3.8, 4) is 0 Å². The molecule has 1 N–H and O–H groups in total. The monoisotopic (exact) mass is 261 g/mol. The molecule has 0 bridgehead atoms. The van der Waals surface area contributed by atoms with Gasteiger partial charge in [0.15, 0.2) is 9.84 Å². The van der Waals surface area contributed by atoms with E-state index < -0.39 is 9.84 Å². The maximum absolute atomic E-state index is 11.5. The second kappa shape index (κ2) is 6.74. The minimum Gasteiger partial charge on any atom is -0.314 e. The van der Waals surface area contributed by atoms with Gasteiger partial charge in [-0.1, -0.05) is 33.6 Å². The molecule has 1 aliphatic heterocycles. The Morgan fingerprint density at radius 2 is 1.88 bits per heavy atom. The minimum atomic E-state index is -2.75. The van der Waals surface area contributed by atoms with Crippen molar-refractivity contribution >= 4 is 9.84 Å². The van der Waals surface area contributed by atoms with E-state index >= 15 is 0 Å². The van der Waals surface area contributed by atoms with E-state index in [1.807, 2.05) is 0 Å². The summed E-state index contributed by atoms with van der Waals surface area (Å²) in [5.74, 6) is 1.84. The molecule has 2 atom stereocenters. The summed E-state index contributed by atoms with van der Waals surface area (Å²) in [6.45, 7) is 7.48. The zero-order valence-electron chi connectivity index (χ0n) is 11.4. The van der Waals surface area contributed by atoms with Crippen molar-refractivity contribution in [2.24, 2.45) is 11.8 Å².